The van der Waals surface area contributed by atoms with Crippen LogP contribution in [0.25, 0.3) is 0 Å². The minimum Gasteiger partial charge on any atom is -0.480 e. The van der Waals surface area contributed by atoms with Crippen molar-refractivity contribution in [1.29, 1.82) is 0 Å². The molecule has 3 atom stereocenters. The molecular weight excluding hydrogens is 431 g/mol. The SMILES string of the molecule is C[C@@H](CC(=O)N1C(=O)[C@H](Cc2ccnc(N)c2)[C@H]1C(=O)O)c1cccc(OC(F)(F)F)c1. The fraction of sp³-hybridized carbons (Fsp3) is 0.333. The molecule has 0 bridgehead atoms. The minimum absolute atomic E-state index is 0.0820. The Morgan fingerprint density at radius 1 is 1.28 bits per heavy atom. The third kappa shape index (κ3) is 5.16. The molecule has 3 N–H and O–H groups in total. The van der Waals surface area contributed by atoms with Crippen molar-refractivity contribution >= 4 is 23.6 Å². The number of nitrogens with zero attached hydrogens (tertiary/aromatic N) is 2. The number of nitrogen functional groups attached to an aromatic ring is 1. The van der Waals surface area contributed by atoms with Crippen LogP contribution in [0.3, 0.4) is 0 Å². The lowest BCUT2D eigenvalue weighted by Crippen LogP contribution is -2.66. The summed E-state index contributed by atoms with van der Waals surface area (Å²) in [7, 11) is 0. The van der Waals surface area contributed by atoms with E-state index in [9.17, 15) is 32.7 Å². The molecule has 0 radical (unpaired) electrons. The topological polar surface area (TPSA) is 123 Å². The molecule has 2 aromatic rings. The van der Waals surface area contributed by atoms with Crippen LogP contribution in [0.5, 0.6) is 5.75 Å². The molecule has 1 aromatic carbocycles. The number of ether oxygens (including phenoxy) is 1. The standard InChI is InChI=1S/C21H20F3N3O5/c1-11(13-3-2-4-14(10-13)32-21(22,23)24)7-17(28)27-18(20(30)31)15(19(27)29)8-12-5-6-26-16(25)9-12/h2-6,9-11,15,18H,7-8H2,1H3,(H2,25,26)(H,30,31)/t11-,15+,18-/m0/s1. The maximum atomic E-state index is 12.7. The Hall–Kier alpha value is -3.63. The van der Waals surface area contributed by atoms with Gasteiger partial charge in [0.15, 0.2) is 0 Å². The molecule has 1 saturated heterocycles. The highest BCUT2D eigenvalue weighted by Crippen LogP contribution is 2.34. The quantitative estimate of drug-likeness (QED) is 0.621. The average molecular weight is 451 g/mol. The third-order valence-electron chi connectivity index (χ3n) is 5.18. The summed E-state index contributed by atoms with van der Waals surface area (Å²) in [6.07, 6.45) is -3.60. The predicted octanol–water partition coefficient (Wildman–Crippen LogP) is 2.74. The lowest BCUT2D eigenvalue weighted by molar-refractivity contribution is -0.274. The van der Waals surface area contributed by atoms with E-state index in [1.807, 2.05) is 0 Å². The number of aromatic nitrogens is 1. The van der Waals surface area contributed by atoms with Crippen LogP contribution < -0.4 is 10.5 Å². The van der Waals surface area contributed by atoms with Gasteiger partial charge in [-0.2, -0.15) is 0 Å². The van der Waals surface area contributed by atoms with Crippen LogP contribution >= 0.6 is 0 Å². The first-order valence-corrected chi connectivity index (χ1v) is 9.61. The fourth-order valence-electron chi connectivity index (χ4n) is 3.68. The highest BCUT2D eigenvalue weighted by atomic mass is 19.4. The first-order valence-electron chi connectivity index (χ1n) is 9.61. The van der Waals surface area contributed by atoms with E-state index in [4.69, 9.17) is 5.73 Å². The molecule has 2 heterocycles. The van der Waals surface area contributed by atoms with Crippen molar-refractivity contribution in [3.63, 3.8) is 0 Å². The molecule has 1 aliphatic heterocycles. The van der Waals surface area contributed by atoms with E-state index in [0.717, 1.165) is 12.1 Å². The molecule has 11 heteroatoms. The number of hydrogen-bond donors (Lipinski definition) is 2. The lowest BCUT2D eigenvalue weighted by Gasteiger charge is -2.43. The molecule has 8 nitrogen and oxygen atoms in total. The van der Waals surface area contributed by atoms with Crippen molar-refractivity contribution in [3.05, 3.63) is 53.7 Å². The fourth-order valence-corrected chi connectivity index (χ4v) is 3.68. The molecule has 0 saturated carbocycles. The number of imide groups is 1. The van der Waals surface area contributed by atoms with Gasteiger partial charge >= 0.3 is 12.3 Å². The second-order valence-corrected chi connectivity index (χ2v) is 7.51. The Bertz CT molecular complexity index is 1040. The van der Waals surface area contributed by atoms with Crippen LogP contribution in [0.2, 0.25) is 0 Å². The summed E-state index contributed by atoms with van der Waals surface area (Å²) < 4.78 is 41.2. The number of anilines is 1. The number of β-lactam (4-membered cyclic amide) rings is 1. The number of aliphatic carboxylic acids is 1. The van der Waals surface area contributed by atoms with Gasteiger partial charge in [-0.15, -0.1) is 13.2 Å². The van der Waals surface area contributed by atoms with E-state index in [1.54, 1.807) is 13.0 Å². The molecule has 1 aliphatic rings. The van der Waals surface area contributed by atoms with Crippen LogP contribution in [0.1, 0.15) is 30.4 Å². The predicted molar refractivity (Wildman–Crippen MR) is 105 cm³/mol. The maximum absolute atomic E-state index is 12.7. The van der Waals surface area contributed by atoms with Gasteiger partial charge in [-0.05, 0) is 47.7 Å². The summed E-state index contributed by atoms with van der Waals surface area (Å²) in [4.78, 5) is 41.6. The molecule has 1 aromatic heterocycles. The van der Waals surface area contributed by atoms with E-state index in [1.165, 1.54) is 24.4 Å². The summed E-state index contributed by atoms with van der Waals surface area (Å²) in [6, 6.07) is 6.93. The molecule has 1 fully saturated rings. The summed E-state index contributed by atoms with van der Waals surface area (Å²) in [5, 5.41) is 9.56. The Morgan fingerprint density at radius 2 is 2.00 bits per heavy atom. The number of carbonyl (C=O) groups is 3. The van der Waals surface area contributed by atoms with Crippen LogP contribution in [0.15, 0.2) is 42.6 Å². The number of carbonyl (C=O) groups excluding carboxylic acids is 2. The molecule has 0 unspecified atom stereocenters. The molecule has 0 spiro atoms. The number of halogens is 3. The Morgan fingerprint density at radius 3 is 2.62 bits per heavy atom. The Kier molecular flexibility index (Phi) is 6.37. The number of rotatable bonds is 7. The largest absolute Gasteiger partial charge is 0.573 e. The van der Waals surface area contributed by atoms with Gasteiger partial charge in [-0.3, -0.25) is 14.5 Å². The molecular formula is C21H20F3N3O5. The zero-order valence-corrected chi connectivity index (χ0v) is 16.9. The van der Waals surface area contributed by atoms with E-state index in [-0.39, 0.29) is 18.7 Å². The van der Waals surface area contributed by atoms with Gasteiger partial charge in [0.05, 0.1) is 5.92 Å². The second kappa shape index (κ2) is 8.85. The Balaban J connectivity index is 1.70. The monoisotopic (exact) mass is 451 g/mol. The van der Waals surface area contributed by atoms with E-state index in [0.29, 0.717) is 16.0 Å². The maximum Gasteiger partial charge on any atom is 0.573 e. The van der Waals surface area contributed by atoms with Crippen LogP contribution in [-0.2, 0) is 20.8 Å². The smallest absolute Gasteiger partial charge is 0.480 e. The number of carboxylic acid groups (broad SMARTS) is 1. The zero-order valence-electron chi connectivity index (χ0n) is 16.9. The second-order valence-electron chi connectivity index (χ2n) is 7.51. The summed E-state index contributed by atoms with van der Waals surface area (Å²) >= 11 is 0. The highest BCUT2D eigenvalue weighted by molar-refractivity contribution is 6.08. The number of alkyl halides is 3. The lowest BCUT2D eigenvalue weighted by atomic mass is 9.81. The number of nitrogens with two attached hydrogens (primary N) is 1. The first-order chi connectivity index (χ1) is 15.0. The van der Waals surface area contributed by atoms with Gasteiger partial charge in [0.25, 0.3) is 0 Å². The van der Waals surface area contributed by atoms with Crippen molar-refractivity contribution < 1.29 is 37.4 Å². The number of carboxylic acids is 1. The van der Waals surface area contributed by atoms with Crippen molar-refractivity contribution in [3.8, 4) is 5.75 Å². The third-order valence-corrected chi connectivity index (χ3v) is 5.18. The summed E-state index contributed by atoms with van der Waals surface area (Å²) in [5.41, 5.74) is 6.60. The zero-order chi connectivity index (χ0) is 23.6. The van der Waals surface area contributed by atoms with E-state index in [2.05, 4.69) is 9.72 Å². The molecule has 170 valence electrons. The van der Waals surface area contributed by atoms with Gasteiger partial charge in [0.1, 0.15) is 17.6 Å². The van der Waals surface area contributed by atoms with Crippen LogP contribution in [0, 0.1) is 5.92 Å². The summed E-state index contributed by atoms with van der Waals surface area (Å²) in [6.45, 7) is 1.59. The van der Waals surface area contributed by atoms with Crippen LogP contribution in [-0.4, -0.2) is 45.2 Å². The molecule has 2 amide bonds. The first kappa shape index (κ1) is 23.0. The van der Waals surface area contributed by atoms with Crippen LogP contribution in [0.4, 0.5) is 19.0 Å². The van der Waals surface area contributed by atoms with Gasteiger partial charge in [0.2, 0.25) is 11.8 Å². The number of likely N-dealkylation sites (tertiary alicyclic amines) is 1. The number of benzene rings is 1. The van der Waals surface area contributed by atoms with Gasteiger partial charge in [-0.1, -0.05) is 19.1 Å². The van der Waals surface area contributed by atoms with Crippen molar-refractivity contribution in [1.82, 2.24) is 9.88 Å². The van der Waals surface area contributed by atoms with Gasteiger partial charge in [0, 0.05) is 12.6 Å². The van der Waals surface area contributed by atoms with Gasteiger partial charge in [-0.25, -0.2) is 9.78 Å². The highest BCUT2D eigenvalue weighted by Gasteiger charge is 2.54. The normalized spacial score (nSPS) is 19.2. The Labute approximate surface area is 180 Å². The minimum atomic E-state index is -4.86. The number of hydrogen-bond acceptors (Lipinski definition) is 6. The van der Waals surface area contributed by atoms with Crippen molar-refractivity contribution in [2.24, 2.45) is 5.92 Å². The summed E-state index contributed by atoms with van der Waals surface area (Å²) in [5.74, 6) is -4.40. The number of pyridine rings is 1. The molecule has 32 heavy (non-hydrogen) atoms. The number of amides is 2. The van der Waals surface area contributed by atoms with Crippen molar-refractivity contribution in [2.75, 3.05) is 5.73 Å². The van der Waals surface area contributed by atoms with E-state index < -0.39 is 47.8 Å². The van der Waals surface area contributed by atoms with Gasteiger partial charge < -0.3 is 15.6 Å². The van der Waals surface area contributed by atoms with E-state index >= 15 is 0 Å². The molecule has 0 aliphatic carbocycles. The molecule has 3 rings (SSSR count). The van der Waals surface area contributed by atoms with Crippen molar-refractivity contribution in [2.45, 2.75) is 38.1 Å². The average Bonchev–Trinajstić information content (AvgIpc) is 2.68.